The molecule has 0 radical (unpaired) electrons. The standard InChI is InChI=1S/C17H21NO2/c1-5-11-9-12(17(2,3)4)10-14(15(11)19)13-7-6-8-18-16(13)20/h6-10,19H,5H2,1-4H3,(H,18,20). The quantitative estimate of drug-likeness (QED) is 0.876. The van der Waals surface area contributed by atoms with Crippen LogP contribution in [0.3, 0.4) is 0 Å². The van der Waals surface area contributed by atoms with Crippen molar-refractivity contribution in [1.82, 2.24) is 4.98 Å². The van der Waals surface area contributed by atoms with E-state index in [4.69, 9.17) is 0 Å². The van der Waals surface area contributed by atoms with Gasteiger partial charge in [-0.1, -0.05) is 33.8 Å². The topological polar surface area (TPSA) is 53.1 Å². The minimum absolute atomic E-state index is 0.0338. The highest BCUT2D eigenvalue weighted by atomic mass is 16.3. The first-order valence-corrected chi connectivity index (χ1v) is 6.89. The molecule has 1 heterocycles. The molecule has 0 saturated heterocycles. The molecule has 0 bridgehead atoms. The van der Waals surface area contributed by atoms with Crippen molar-refractivity contribution < 1.29 is 5.11 Å². The van der Waals surface area contributed by atoms with E-state index in [0.29, 0.717) is 11.1 Å². The molecule has 2 rings (SSSR count). The fourth-order valence-corrected chi connectivity index (χ4v) is 2.24. The average molecular weight is 271 g/mol. The maximum absolute atomic E-state index is 12.0. The van der Waals surface area contributed by atoms with Crippen molar-refractivity contribution in [3.05, 3.63) is 51.9 Å². The summed E-state index contributed by atoms with van der Waals surface area (Å²) in [5, 5.41) is 10.4. The number of pyridine rings is 1. The smallest absolute Gasteiger partial charge is 0.255 e. The van der Waals surface area contributed by atoms with E-state index in [1.807, 2.05) is 19.1 Å². The Hall–Kier alpha value is -2.03. The first-order chi connectivity index (χ1) is 9.34. The molecule has 0 aliphatic rings. The molecule has 1 aromatic carbocycles. The summed E-state index contributed by atoms with van der Waals surface area (Å²) in [4.78, 5) is 14.6. The average Bonchev–Trinajstić information content (AvgIpc) is 2.38. The van der Waals surface area contributed by atoms with Gasteiger partial charge in [-0.05, 0) is 41.2 Å². The summed E-state index contributed by atoms with van der Waals surface area (Å²) in [6.07, 6.45) is 2.32. The number of nitrogens with one attached hydrogen (secondary N) is 1. The molecule has 0 fully saturated rings. The van der Waals surface area contributed by atoms with E-state index in [9.17, 15) is 9.90 Å². The Labute approximate surface area is 119 Å². The maximum atomic E-state index is 12.0. The Kier molecular flexibility index (Phi) is 3.71. The molecule has 0 spiro atoms. The van der Waals surface area contributed by atoms with Crippen LogP contribution in [0, 0.1) is 0 Å². The molecular formula is C17H21NO2. The molecule has 0 amide bonds. The minimum Gasteiger partial charge on any atom is -0.507 e. The molecule has 3 nitrogen and oxygen atoms in total. The van der Waals surface area contributed by atoms with Gasteiger partial charge in [0.2, 0.25) is 0 Å². The summed E-state index contributed by atoms with van der Waals surface area (Å²) >= 11 is 0. The summed E-state index contributed by atoms with van der Waals surface area (Å²) in [5.74, 6) is 0.206. The van der Waals surface area contributed by atoms with E-state index in [0.717, 1.165) is 17.5 Å². The third-order valence-corrected chi connectivity index (χ3v) is 3.54. The van der Waals surface area contributed by atoms with Gasteiger partial charge < -0.3 is 10.1 Å². The Morgan fingerprint density at radius 1 is 1.20 bits per heavy atom. The summed E-state index contributed by atoms with van der Waals surface area (Å²) in [5.41, 5.74) is 2.88. The van der Waals surface area contributed by atoms with Crippen LogP contribution in [0.25, 0.3) is 11.1 Å². The molecule has 0 saturated carbocycles. The Morgan fingerprint density at radius 2 is 1.90 bits per heavy atom. The van der Waals surface area contributed by atoms with Crippen molar-refractivity contribution in [1.29, 1.82) is 0 Å². The number of H-pyrrole nitrogens is 1. The van der Waals surface area contributed by atoms with Gasteiger partial charge in [-0.25, -0.2) is 0 Å². The summed E-state index contributed by atoms with van der Waals surface area (Å²) in [7, 11) is 0. The maximum Gasteiger partial charge on any atom is 0.255 e. The second-order valence-electron chi connectivity index (χ2n) is 6.05. The molecule has 2 N–H and O–H groups in total. The molecule has 0 atom stereocenters. The van der Waals surface area contributed by atoms with Crippen LogP contribution in [-0.2, 0) is 11.8 Å². The van der Waals surface area contributed by atoms with Crippen LogP contribution in [0.1, 0.15) is 38.8 Å². The lowest BCUT2D eigenvalue weighted by Gasteiger charge is -2.22. The molecule has 1 aromatic heterocycles. The van der Waals surface area contributed by atoms with Crippen LogP contribution in [0.4, 0.5) is 0 Å². The normalized spacial score (nSPS) is 11.6. The highest BCUT2D eigenvalue weighted by molar-refractivity contribution is 5.72. The van der Waals surface area contributed by atoms with Gasteiger partial charge in [-0.15, -0.1) is 0 Å². The lowest BCUT2D eigenvalue weighted by Crippen LogP contribution is -2.13. The lowest BCUT2D eigenvalue weighted by atomic mass is 9.83. The second kappa shape index (κ2) is 5.16. The van der Waals surface area contributed by atoms with E-state index in [1.54, 1.807) is 18.3 Å². The first-order valence-electron chi connectivity index (χ1n) is 6.89. The Bertz CT molecular complexity index is 678. The summed E-state index contributed by atoms with van der Waals surface area (Å²) in [6, 6.07) is 7.44. The van der Waals surface area contributed by atoms with Crippen molar-refractivity contribution >= 4 is 0 Å². The highest BCUT2D eigenvalue weighted by Crippen LogP contribution is 2.36. The van der Waals surface area contributed by atoms with Gasteiger partial charge in [0.05, 0.1) is 5.56 Å². The third kappa shape index (κ3) is 2.62. The molecule has 0 unspecified atom stereocenters. The second-order valence-corrected chi connectivity index (χ2v) is 6.05. The largest absolute Gasteiger partial charge is 0.507 e. The van der Waals surface area contributed by atoms with Gasteiger partial charge in [-0.2, -0.15) is 0 Å². The molecule has 0 aliphatic carbocycles. The molecule has 106 valence electrons. The predicted molar refractivity (Wildman–Crippen MR) is 82.2 cm³/mol. The van der Waals surface area contributed by atoms with E-state index in [-0.39, 0.29) is 16.7 Å². The summed E-state index contributed by atoms with van der Waals surface area (Å²) < 4.78 is 0. The fourth-order valence-electron chi connectivity index (χ4n) is 2.24. The van der Waals surface area contributed by atoms with E-state index in [1.165, 1.54) is 0 Å². The predicted octanol–water partition coefficient (Wildman–Crippen LogP) is 3.61. The van der Waals surface area contributed by atoms with E-state index in [2.05, 4.69) is 25.8 Å². The van der Waals surface area contributed by atoms with Gasteiger partial charge in [0.25, 0.3) is 5.56 Å². The van der Waals surface area contributed by atoms with Crippen molar-refractivity contribution in [3.63, 3.8) is 0 Å². The lowest BCUT2D eigenvalue weighted by molar-refractivity contribution is 0.469. The number of aromatic nitrogens is 1. The van der Waals surface area contributed by atoms with Crippen LogP contribution < -0.4 is 5.56 Å². The Balaban J connectivity index is 2.76. The van der Waals surface area contributed by atoms with Gasteiger partial charge in [0.15, 0.2) is 0 Å². The van der Waals surface area contributed by atoms with Crippen LogP contribution in [-0.4, -0.2) is 10.1 Å². The number of benzene rings is 1. The number of aromatic amines is 1. The Morgan fingerprint density at radius 3 is 2.45 bits per heavy atom. The number of rotatable bonds is 2. The van der Waals surface area contributed by atoms with Crippen LogP contribution in [0.15, 0.2) is 35.3 Å². The zero-order valence-corrected chi connectivity index (χ0v) is 12.4. The number of phenolic OH excluding ortho intramolecular Hbond substituents is 1. The van der Waals surface area contributed by atoms with E-state index >= 15 is 0 Å². The third-order valence-electron chi connectivity index (χ3n) is 3.54. The van der Waals surface area contributed by atoms with Crippen LogP contribution >= 0.6 is 0 Å². The van der Waals surface area contributed by atoms with Crippen molar-refractivity contribution in [2.24, 2.45) is 0 Å². The molecule has 3 heteroatoms. The van der Waals surface area contributed by atoms with Crippen LogP contribution in [0.5, 0.6) is 5.75 Å². The molecular weight excluding hydrogens is 250 g/mol. The van der Waals surface area contributed by atoms with Gasteiger partial charge in [0, 0.05) is 11.8 Å². The number of aromatic hydroxyl groups is 1. The van der Waals surface area contributed by atoms with Crippen molar-refractivity contribution in [2.75, 3.05) is 0 Å². The molecule has 2 aromatic rings. The van der Waals surface area contributed by atoms with Crippen LogP contribution in [0.2, 0.25) is 0 Å². The summed E-state index contributed by atoms with van der Waals surface area (Å²) in [6.45, 7) is 8.37. The number of hydrogen-bond donors (Lipinski definition) is 2. The minimum atomic E-state index is -0.184. The van der Waals surface area contributed by atoms with Gasteiger partial charge >= 0.3 is 0 Å². The fraction of sp³-hybridized carbons (Fsp3) is 0.353. The van der Waals surface area contributed by atoms with Gasteiger partial charge in [0.1, 0.15) is 5.75 Å². The molecule has 20 heavy (non-hydrogen) atoms. The zero-order chi connectivity index (χ0) is 14.9. The van der Waals surface area contributed by atoms with Gasteiger partial charge in [-0.3, -0.25) is 4.79 Å². The molecule has 0 aliphatic heterocycles. The monoisotopic (exact) mass is 271 g/mol. The number of phenols is 1. The first kappa shape index (κ1) is 14.4. The zero-order valence-electron chi connectivity index (χ0n) is 12.4. The number of aryl methyl sites for hydroxylation is 1. The number of hydrogen-bond acceptors (Lipinski definition) is 2. The van der Waals surface area contributed by atoms with Crippen molar-refractivity contribution in [2.45, 2.75) is 39.5 Å². The highest BCUT2D eigenvalue weighted by Gasteiger charge is 2.19. The van der Waals surface area contributed by atoms with E-state index < -0.39 is 0 Å². The SMILES string of the molecule is CCc1cc(C(C)(C)C)cc(-c2ccc[nH]c2=O)c1O. The van der Waals surface area contributed by atoms with Crippen molar-refractivity contribution in [3.8, 4) is 16.9 Å².